The lowest BCUT2D eigenvalue weighted by atomic mass is 10.1. The summed E-state index contributed by atoms with van der Waals surface area (Å²) < 4.78 is 39.0. The van der Waals surface area contributed by atoms with Gasteiger partial charge in [-0.1, -0.05) is 6.08 Å². The molecule has 0 atom stereocenters. The van der Waals surface area contributed by atoms with Crippen LogP contribution < -0.4 is 0 Å². The highest BCUT2D eigenvalue weighted by Gasteiger charge is 2.35. The van der Waals surface area contributed by atoms with E-state index in [4.69, 9.17) is 0 Å². The summed E-state index contributed by atoms with van der Waals surface area (Å²) in [5.74, 6) is -0.335. The smallest absolute Gasteiger partial charge is 0.335 e. The molecule has 0 saturated carbocycles. The molecule has 6 nitrogen and oxygen atoms in total. The summed E-state index contributed by atoms with van der Waals surface area (Å²) in [6.45, 7) is -0.00983. The van der Waals surface area contributed by atoms with Crippen molar-refractivity contribution in [1.29, 1.82) is 0 Å². The van der Waals surface area contributed by atoms with E-state index < -0.39 is 11.7 Å². The molecule has 0 bridgehead atoms. The van der Waals surface area contributed by atoms with Crippen LogP contribution in [0.3, 0.4) is 0 Å². The lowest BCUT2D eigenvalue weighted by molar-refractivity contribution is -0.0957. The van der Waals surface area contributed by atoms with E-state index in [1.54, 1.807) is 0 Å². The Hall–Kier alpha value is -2.45. The highest BCUT2D eigenvalue weighted by atomic mass is 19.4. The van der Waals surface area contributed by atoms with E-state index in [0.717, 1.165) is 6.08 Å². The van der Waals surface area contributed by atoms with Crippen LogP contribution in [0.5, 0.6) is 0 Å². The van der Waals surface area contributed by atoms with Gasteiger partial charge in [-0.2, -0.15) is 13.2 Å². The molecule has 3 rings (SSSR count). The zero-order valence-electron chi connectivity index (χ0n) is 10.7. The van der Waals surface area contributed by atoms with Crippen LogP contribution in [-0.2, 0) is 0 Å². The minimum atomic E-state index is -4.32. The summed E-state index contributed by atoms with van der Waals surface area (Å²) in [6.07, 6.45) is -1.92. The average Bonchev–Trinajstić information content (AvgIpc) is 2.93. The van der Waals surface area contributed by atoms with Gasteiger partial charge < -0.3 is 4.90 Å². The van der Waals surface area contributed by atoms with Gasteiger partial charge in [0, 0.05) is 30.4 Å². The van der Waals surface area contributed by atoms with Gasteiger partial charge >= 0.3 is 6.18 Å². The Kier molecular flexibility index (Phi) is 3.11. The number of hydrogen-bond donors (Lipinski definition) is 0. The molecule has 1 aliphatic rings. The standard InChI is InChI=1S/C12H10F3N5O/c13-12(14,15)9-2-4-19(5-3-9)11(21)8-1-6-20-10(7-8)16-17-18-20/h1-2,6-7H,3-5H2. The minimum absolute atomic E-state index is 0.0420. The van der Waals surface area contributed by atoms with Crippen molar-refractivity contribution in [2.24, 2.45) is 0 Å². The number of carbonyl (C=O) groups excluding carboxylic acids is 1. The van der Waals surface area contributed by atoms with Crippen LogP contribution in [-0.4, -0.2) is 50.1 Å². The highest BCUT2D eigenvalue weighted by Crippen LogP contribution is 2.30. The summed E-state index contributed by atoms with van der Waals surface area (Å²) in [5.41, 5.74) is 0.175. The largest absolute Gasteiger partial charge is 0.412 e. The summed E-state index contributed by atoms with van der Waals surface area (Å²) in [6, 6.07) is 3.04. The Morgan fingerprint density at radius 3 is 2.81 bits per heavy atom. The molecule has 2 aromatic heterocycles. The fourth-order valence-electron chi connectivity index (χ4n) is 2.17. The Balaban J connectivity index is 1.79. The predicted octanol–water partition coefficient (Wildman–Crippen LogP) is 1.46. The fourth-order valence-corrected chi connectivity index (χ4v) is 2.17. The van der Waals surface area contributed by atoms with Crippen molar-refractivity contribution in [2.45, 2.75) is 12.6 Å². The normalized spacial score (nSPS) is 16.1. The maximum absolute atomic E-state index is 12.5. The molecule has 0 aliphatic carbocycles. The molecule has 0 saturated heterocycles. The first-order valence-corrected chi connectivity index (χ1v) is 6.18. The summed E-state index contributed by atoms with van der Waals surface area (Å²) in [4.78, 5) is 13.6. The maximum Gasteiger partial charge on any atom is 0.412 e. The van der Waals surface area contributed by atoms with Crippen LogP contribution in [0.25, 0.3) is 5.65 Å². The number of rotatable bonds is 1. The van der Waals surface area contributed by atoms with E-state index in [1.807, 2.05) is 0 Å². The van der Waals surface area contributed by atoms with Crippen molar-refractivity contribution in [2.75, 3.05) is 13.1 Å². The van der Waals surface area contributed by atoms with Crippen molar-refractivity contribution >= 4 is 11.6 Å². The van der Waals surface area contributed by atoms with Crippen LogP contribution in [0.1, 0.15) is 16.8 Å². The first-order chi connectivity index (χ1) is 9.95. The molecule has 110 valence electrons. The number of aromatic nitrogens is 4. The third kappa shape index (κ3) is 2.58. The molecule has 0 N–H and O–H groups in total. The van der Waals surface area contributed by atoms with Gasteiger partial charge in [0.1, 0.15) is 0 Å². The first-order valence-electron chi connectivity index (χ1n) is 6.18. The van der Waals surface area contributed by atoms with Crippen molar-refractivity contribution in [3.8, 4) is 0 Å². The molecular weight excluding hydrogens is 287 g/mol. The number of hydrogen-bond acceptors (Lipinski definition) is 4. The van der Waals surface area contributed by atoms with Crippen LogP contribution in [0.4, 0.5) is 13.2 Å². The second-order valence-corrected chi connectivity index (χ2v) is 4.63. The number of nitrogens with zero attached hydrogens (tertiary/aromatic N) is 5. The van der Waals surface area contributed by atoms with Gasteiger partial charge in [-0.05, 0) is 29.0 Å². The van der Waals surface area contributed by atoms with Crippen molar-refractivity contribution in [3.05, 3.63) is 35.5 Å². The Labute approximate surface area is 116 Å². The Morgan fingerprint density at radius 1 is 1.33 bits per heavy atom. The molecule has 0 aromatic carbocycles. The number of alkyl halides is 3. The third-order valence-corrected chi connectivity index (χ3v) is 3.31. The third-order valence-electron chi connectivity index (χ3n) is 3.31. The van der Waals surface area contributed by atoms with E-state index in [-0.39, 0.29) is 25.4 Å². The molecule has 9 heteroatoms. The second-order valence-electron chi connectivity index (χ2n) is 4.63. The van der Waals surface area contributed by atoms with Crippen molar-refractivity contribution in [3.63, 3.8) is 0 Å². The molecule has 1 aliphatic heterocycles. The molecule has 3 heterocycles. The number of fused-ring (bicyclic) bond motifs is 1. The maximum atomic E-state index is 12.5. The highest BCUT2D eigenvalue weighted by molar-refractivity contribution is 5.95. The van der Waals surface area contributed by atoms with Gasteiger partial charge in [0.15, 0.2) is 5.65 Å². The fraction of sp³-hybridized carbons (Fsp3) is 0.333. The van der Waals surface area contributed by atoms with Crippen LogP contribution in [0.2, 0.25) is 0 Å². The summed E-state index contributed by atoms with van der Waals surface area (Å²) >= 11 is 0. The SMILES string of the molecule is O=C(c1ccn2nnnc2c1)N1CC=C(C(F)(F)F)CC1. The lowest BCUT2D eigenvalue weighted by Gasteiger charge is -2.27. The molecule has 1 amide bonds. The molecular formula is C12H10F3N5O. The first kappa shape index (κ1) is 13.5. The number of carbonyl (C=O) groups is 1. The van der Waals surface area contributed by atoms with E-state index in [1.165, 1.54) is 27.7 Å². The van der Waals surface area contributed by atoms with Crippen LogP contribution >= 0.6 is 0 Å². The zero-order valence-corrected chi connectivity index (χ0v) is 10.7. The van der Waals surface area contributed by atoms with Gasteiger partial charge in [0.05, 0.1) is 0 Å². The number of pyridine rings is 1. The molecule has 0 spiro atoms. The van der Waals surface area contributed by atoms with Crippen LogP contribution in [0.15, 0.2) is 30.0 Å². The van der Waals surface area contributed by atoms with Crippen molar-refractivity contribution in [1.82, 2.24) is 24.9 Å². The van der Waals surface area contributed by atoms with E-state index in [2.05, 4.69) is 15.5 Å². The second kappa shape index (κ2) is 4.83. The average molecular weight is 297 g/mol. The topological polar surface area (TPSA) is 63.4 Å². The number of tetrazole rings is 1. The van der Waals surface area contributed by atoms with Crippen molar-refractivity contribution < 1.29 is 18.0 Å². The zero-order chi connectivity index (χ0) is 15.0. The number of amides is 1. The lowest BCUT2D eigenvalue weighted by Crippen LogP contribution is -2.36. The van der Waals surface area contributed by atoms with E-state index in [0.29, 0.717) is 11.2 Å². The molecule has 0 fully saturated rings. The minimum Gasteiger partial charge on any atom is -0.335 e. The van der Waals surface area contributed by atoms with E-state index >= 15 is 0 Å². The molecule has 21 heavy (non-hydrogen) atoms. The number of halogens is 3. The molecule has 0 unspecified atom stereocenters. The summed E-state index contributed by atoms with van der Waals surface area (Å²) in [5, 5.41) is 10.8. The molecule has 0 radical (unpaired) electrons. The van der Waals surface area contributed by atoms with E-state index in [9.17, 15) is 18.0 Å². The van der Waals surface area contributed by atoms with Gasteiger partial charge in [0.25, 0.3) is 5.91 Å². The monoisotopic (exact) mass is 297 g/mol. The van der Waals surface area contributed by atoms with Gasteiger partial charge in [-0.25, -0.2) is 4.52 Å². The Morgan fingerprint density at radius 2 is 2.14 bits per heavy atom. The quantitative estimate of drug-likeness (QED) is 0.748. The predicted molar refractivity (Wildman–Crippen MR) is 65.4 cm³/mol. The van der Waals surface area contributed by atoms with Gasteiger partial charge in [-0.15, -0.1) is 5.10 Å². The van der Waals surface area contributed by atoms with Gasteiger partial charge in [0.2, 0.25) is 0 Å². The van der Waals surface area contributed by atoms with Gasteiger partial charge in [-0.3, -0.25) is 4.79 Å². The Bertz CT molecular complexity index is 721. The summed E-state index contributed by atoms with van der Waals surface area (Å²) in [7, 11) is 0. The van der Waals surface area contributed by atoms with Crippen LogP contribution in [0, 0.1) is 0 Å². The molecule has 2 aromatic rings.